The first kappa shape index (κ1) is 10.9. The molecule has 0 aliphatic carbocycles. The molecule has 72 valence electrons. The van der Waals surface area contributed by atoms with Gasteiger partial charge in [-0.1, -0.05) is 34.5 Å². The zero-order valence-corrected chi connectivity index (χ0v) is 10.1. The van der Waals surface area contributed by atoms with E-state index in [0.717, 1.165) is 23.0 Å². The van der Waals surface area contributed by atoms with E-state index < -0.39 is 0 Å². The van der Waals surface area contributed by atoms with Crippen molar-refractivity contribution in [1.29, 1.82) is 0 Å². The van der Waals surface area contributed by atoms with Crippen molar-refractivity contribution in [3.05, 3.63) is 22.5 Å². The van der Waals surface area contributed by atoms with Gasteiger partial charge in [0.15, 0.2) is 5.15 Å². The minimum atomic E-state index is 0.526. The Balaban J connectivity index is 2.81. The van der Waals surface area contributed by atoms with Crippen molar-refractivity contribution >= 4 is 27.5 Å². The van der Waals surface area contributed by atoms with Crippen LogP contribution < -0.4 is 0 Å². The first-order valence-electron chi connectivity index (χ1n) is 4.18. The monoisotopic (exact) mass is 262 g/mol. The van der Waals surface area contributed by atoms with E-state index in [4.69, 9.17) is 11.6 Å². The predicted molar refractivity (Wildman–Crippen MR) is 58.4 cm³/mol. The summed E-state index contributed by atoms with van der Waals surface area (Å²) in [6, 6.07) is 1.99. The van der Waals surface area contributed by atoms with Crippen molar-refractivity contribution in [2.24, 2.45) is 5.92 Å². The SMILES string of the molecule is Cc1cc(CC(C)CBr)c(Cl)nn1. The van der Waals surface area contributed by atoms with Crippen LogP contribution in [0.3, 0.4) is 0 Å². The van der Waals surface area contributed by atoms with E-state index in [1.807, 2.05) is 13.0 Å². The van der Waals surface area contributed by atoms with Crippen molar-refractivity contribution in [2.75, 3.05) is 5.33 Å². The summed E-state index contributed by atoms with van der Waals surface area (Å²) in [5, 5.41) is 9.25. The number of nitrogens with zero attached hydrogens (tertiary/aromatic N) is 2. The van der Waals surface area contributed by atoms with Crippen LogP contribution in [-0.2, 0) is 6.42 Å². The lowest BCUT2D eigenvalue weighted by Gasteiger charge is -2.08. The van der Waals surface area contributed by atoms with Crippen LogP contribution >= 0.6 is 27.5 Å². The van der Waals surface area contributed by atoms with Crippen LogP contribution in [0, 0.1) is 12.8 Å². The summed E-state index contributed by atoms with van der Waals surface area (Å²) in [4.78, 5) is 0. The van der Waals surface area contributed by atoms with Gasteiger partial charge >= 0.3 is 0 Å². The van der Waals surface area contributed by atoms with Crippen LogP contribution in [0.5, 0.6) is 0 Å². The number of hydrogen-bond acceptors (Lipinski definition) is 2. The summed E-state index contributed by atoms with van der Waals surface area (Å²) in [6.07, 6.45) is 0.945. The molecule has 4 heteroatoms. The van der Waals surface area contributed by atoms with Gasteiger partial charge in [0, 0.05) is 5.33 Å². The number of halogens is 2. The summed E-state index contributed by atoms with van der Waals surface area (Å²) in [5.74, 6) is 0.570. The molecule has 0 saturated heterocycles. The van der Waals surface area contributed by atoms with E-state index >= 15 is 0 Å². The average molecular weight is 264 g/mol. The van der Waals surface area contributed by atoms with Gasteiger partial charge in [-0.05, 0) is 30.9 Å². The van der Waals surface area contributed by atoms with Gasteiger partial charge in [-0.2, -0.15) is 5.10 Å². The summed E-state index contributed by atoms with van der Waals surface area (Å²) in [5.41, 5.74) is 2.00. The number of aromatic nitrogens is 2. The molecule has 2 nitrogen and oxygen atoms in total. The summed E-state index contributed by atoms with van der Waals surface area (Å²) in [6.45, 7) is 4.09. The maximum atomic E-state index is 5.91. The second-order valence-corrected chi connectivity index (χ2v) is 4.27. The van der Waals surface area contributed by atoms with Crippen molar-refractivity contribution in [1.82, 2.24) is 10.2 Å². The summed E-state index contributed by atoms with van der Waals surface area (Å²) in [7, 11) is 0. The molecule has 1 unspecified atom stereocenters. The van der Waals surface area contributed by atoms with Crippen molar-refractivity contribution < 1.29 is 0 Å². The molecule has 0 aromatic carbocycles. The van der Waals surface area contributed by atoms with E-state index in [9.17, 15) is 0 Å². The van der Waals surface area contributed by atoms with Gasteiger partial charge in [0.25, 0.3) is 0 Å². The maximum Gasteiger partial charge on any atom is 0.154 e. The smallest absolute Gasteiger partial charge is 0.154 e. The zero-order chi connectivity index (χ0) is 9.84. The first-order valence-corrected chi connectivity index (χ1v) is 5.68. The molecule has 0 aliphatic rings. The molecule has 0 aliphatic heterocycles. The van der Waals surface area contributed by atoms with Gasteiger partial charge in [-0.15, -0.1) is 5.10 Å². The molecule has 1 aromatic heterocycles. The fourth-order valence-electron chi connectivity index (χ4n) is 1.10. The Labute approximate surface area is 91.8 Å². The highest BCUT2D eigenvalue weighted by molar-refractivity contribution is 9.09. The van der Waals surface area contributed by atoms with Gasteiger partial charge < -0.3 is 0 Å². The Morgan fingerprint density at radius 2 is 2.23 bits per heavy atom. The molecule has 1 atom stereocenters. The molecule has 0 fully saturated rings. The highest BCUT2D eigenvalue weighted by Crippen LogP contribution is 2.17. The molecule has 0 amide bonds. The number of rotatable bonds is 3. The molecule has 1 aromatic rings. The van der Waals surface area contributed by atoms with Crippen LogP contribution in [0.15, 0.2) is 6.07 Å². The first-order chi connectivity index (χ1) is 6.13. The minimum absolute atomic E-state index is 0.526. The van der Waals surface area contributed by atoms with Gasteiger partial charge in [-0.25, -0.2) is 0 Å². The third kappa shape index (κ3) is 3.24. The molecule has 0 bridgehead atoms. The third-order valence-electron chi connectivity index (χ3n) is 1.78. The van der Waals surface area contributed by atoms with Crippen molar-refractivity contribution in [2.45, 2.75) is 20.3 Å². The number of aryl methyl sites for hydroxylation is 1. The molecule has 1 heterocycles. The van der Waals surface area contributed by atoms with E-state index in [1.54, 1.807) is 0 Å². The lowest BCUT2D eigenvalue weighted by molar-refractivity contribution is 0.658. The van der Waals surface area contributed by atoms with Crippen LogP contribution in [-0.4, -0.2) is 15.5 Å². The maximum absolute atomic E-state index is 5.91. The highest BCUT2D eigenvalue weighted by atomic mass is 79.9. The molecule has 0 saturated carbocycles. The standard InChI is InChI=1S/C9H12BrClN2/c1-6(5-10)3-8-4-7(2)12-13-9(8)11/h4,6H,3,5H2,1-2H3. The fourth-order valence-corrected chi connectivity index (χ4v) is 1.50. The zero-order valence-electron chi connectivity index (χ0n) is 7.72. The van der Waals surface area contributed by atoms with Gasteiger partial charge in [0.05, 0.1) is 5.69 Å². The Morgan fingerprint density at radius 1 is 1.54 bits per heavy atom. The normalized spacial score (nSPS) is 12.9. The molecule has 0 spiro atoms. The lowest BCUT2D eigenvalue weighted by Crippen LogP contribution is -2.03. The van der Waals surface area contributed by atoms with Crippen LogP contribution in [0.1, 0.15) is 18.2 Å². The van der Waals surface area contributed by atoms with E-state index in [1.165, 1.54) is 0 Å². The topological polar surface area (TPSA) is 25.8 Å². The second kappa shape index (κ2) is 4.91. The Kier molecular flexibility index (Phi) is 4.13. The highest BCUT2D eigenvalue weighted by Gasteiger charge is 2.07. The number of alkyl halides is 1. The largest absolute Gasteiger partial charge is 0.154 e. The van der Waals surface area contributed by atoms with Gasteiger partial charge in [-0.3, -0.25) is 0 Å². The van der Waals surface area contributed by atoms with Crippen molar-refractivity contribution in [3.8, 4) is 0 Å². The lowest BCUT2D eigenvalue weighted by atomic mass is 10.0. The van der Waals surface area contributed by atoms with Crippen LogP contribution in [0.4, 0.5) is 0 Å². The van der Waals surface area contributed by atoms with E-state index in [-0.39, 0.29) is 0 Å². The fraction of sp³-hybridized carbons (Fsp3) is 0.556. The average Bonchev–Trinajstić information content (AvgIpc) is 2.11. The molecule has 0 N–H and O–H groups in total. The van der Waals surface area contributed by atoms with Gasteiger partial charge in [0.2, 0.25) is 0 Å². The summed E-state index contributed by atoms with van der Waals surface area (Å²) >= 11 is 9.34. The molecule has 1 rings (SSSR count). The third-order valence-corrected chi connectivity index (χ3v) is 3.20. The van der Waals surface area contributed by atoms with Crippen molar-refractivity contribution in [3.63, 3.8) is 0 Å². The second-order valence-electron chi connectivity index (χ2n) is 3.27. The van der Waals surface area contributed by atoms with E-state index in [0.29, 0.717) is 11.1 Å². The predicted octanol–water partition coefficient (Wildman–Crippen LogP) is 3.01. The minimum Gasteiger partial charge on any atom is -0.154 e. The van der Waals surface area contributed by atoms with E-state index in [2.05, 4.69) is 33.1 Å². The number of hydrogen-bond donors (Lipinski definition) is 0. The Morgan fingerprint density at radius 3 is 2.85 bits per heavy atom. The van der Waals surface area contributed by atoms with Crippen LogP contribution in [0.2, 0.25) is 5.15 Å². The molecule has 13 heavy (non-hydrogen) atoms. The van der Waals surface area contributed by atoms with Gasteiger partial charge in [0.1, 0.15) is 0 Å². The quantitative estimate of drug-likeness (QED) is 0.784. The Bertz CT molecular complexity index is 291. The van der Waals surface area contributed by atoms with Crippen LogP contribution in [0.25, 0.3) is 0 Å². The summed E-state index contributed by atoms with van der Waals surface area (Å²) < 4.78 is 0. The molecular weight excluding hydrogens is 251 g/mol. The molecule has 0 radical (unpaired) electrons. The Hall–Kier alpha value is -0.150. The molecular formula is C9H12BrClN2.